The Kier molecular flexibility index (Phi) is 3.42. The Bertz CT molecular complexity index is 186. The first kappa shape index (κ1) is 10.4. The maximum Gasteiger partial charge on any atom is 0.0679 e. The van der Waals surface area contributed by atoms with E-state index in [-0.39, 0.29) is 12.2 Å². The van der Waals surface area contributed by atoms with Crippen LogP contribution in [-0.4, -0.2) is 47.0 Å². The molecule has 2 aliphatic rings. The molecule has 1 aliphatic carbocycles. The second-order valence-corrected chi connectivity index (χ2v) is 4.81. The van der Waals surface area contributed by atoms with Crippen LogP contribution in [0.4, 0.5) is 0 Å². The molecule has 3 heteroatoms. The fourth-order valence-corrected chi connectivity index (χ4v) is 2.71. The lowest BCUT2D eigenvalue weighted by molar-refractivity contribution is 0.0483. The van der Waals surface area contributed by atoms with Gasteiger partial charge in [-0.1, -0.05) is 12.8 Å². The molecule has 0 aromatic rings. The van der Waals surface area contributed by atoms with Gasteiger partial charge in [-0.2, -0.15) is 0 Å². The molecule has 3 nitrogen and oxygen atoms in total. The minimum absolute atomic E-state index is 0.0958. The first-order valence-corrected chi connectivity index (χ1v) is 5.84. The third-order valence-corrected chi connectivity index (χ3v) is 3.61. The molecule has 1 saturated heterocycles. The summed E-state index contributed by atoms with van der Waals surface area (Å²) >= 11 is 0. The van der Waals surface area contributed by atoms with Gasteiger partial charge in [0.05, 0.1) is 12.2 Å². The summed E-state index contributed by atoms with van der Waals surface area (Å²) in [5.74, 6) is 0.453. The summed E-state index contributed by atoms with van der Waals surface area (Å²) in [4.78, 5) is 2.30. The molecule has 2 rings (SSSR count). The van der Waals surface area contributed by atoms with Gasteiger partial charge >= 0.3 is 0 Å². The van der Waals surface area contributed by atoms with Gasteiger partial charge in [-0.3, -0.25) is 0 Å². The summed E-state index contributed by atoms with van der Waals surface area (Å²) in [7, 11) is 0. The highest BCUT2D eigenvalue weighted by Crippen LogP contribution is 2.26. The van der Waals surface area contributed by atoms with Gasteiger partial charge < -0.3 is 15.1 Å². The summed E-state index contributed by atoms with van der Waals surface area (Å²) < 4.78 is 0. The smallest absolute Gasteiger partial charge is 0.0679 e. The van der Waals surface area contributed by atoms with Crippen molar-refractivity contribution in [2.45, 2.75) is 44.3 Å². The van der Waals surface area contributed by atoms with Gasteiger partial charge in [0.2, 0.25) is 0 Å². The molecule has 1 saturated carbocycles. The first-order valence-electron chi connectivity index (χ1n) is 5.84. The third-order valence-electron chi connectivity index (χ3n) is 3.61. The summed E-state index contributed by atoms with van der Waals surface area (Å²) in [5, 5.41) is 19.2. The molecule has 82 valence electrons. The van der Waals surface area contributed by atoms with Crippen molar-refractivity contribution in [2.75, 3.05) is 19.6 Å². The van der Waals surface area contributed by atoms with Crippen molar-refractivity contribution < 1.29 is 10.2 Å². The van der Waals surface area contributed by atoms with Crippen LogP contribution in [0.3, 0.4) is 0 Å². The number of β-amino-alcohol motifs (C(OH)–C–C–N with tert-alkyl or cyclic N) is 1. The predicted molar refractivity (Wildman–Crippen MR) is 55.0 cm³/mol. The summed E-state index contributed by atoms with van der Waals surface area (Å²) in [5.41, 5.74) is 0. The van der Waals surface area contributed by atoms with E-state index >= 15 is 0 Å². The highest BCUT2D eigenvalue weighted by Gasteiger charge is 2.28. The molecule has 0 radical (unpaired) electrons. The van der Waals surface area contributed by atoms with E-state index in [0.717, 1.165) is 38.9 Å². The molecule has 2 unspecified atom stereocenters. The van der Waals surface area contributed by atoms with Crippen molar-refractivity contribution >= 4 is 0 Å². The predicted octanol–water partition coefficient (Wildman–Crippen LogP) is 0.604. The Balaban J connectivity index is 1.78. The molecule has 2 N–H and O–H groups in total. The zero-order chi connectivity index (χ0) is 9.97. The third kappa shape index (κ3) is 2.47. The molecule has 1 heterocycles. The van der Waals surface area contributed by atoms with E-state index in [1.165, 1.54) is 12.8 Å². The van der Waals surface area contributed by atoms with E-state index in [1.54, 1.807) is 0 Å². The first-order chi connectivity index (χ1) is 6.75. The van der Waals surface area contributed by atoms with E-state index < -0.39 is 0 Å². The zero-order valence-corrected chi connectivity index (χ0v) is 8.73. The lowest BCUT2D eigenvalue weighted by atomic mass is 9.86. The van der Waals surface area contributed by atoms with Gasteiger partial charge in [0.1, 0.15) is 0 Å². The minimum Gasteiger partial charge on any atom is -0.393 e. The minimum atomic E-state index is -0.129. The van der Waals surface area contributed by atoms with E-state index in [0.29, 0.717) is 5.92 Å². The molecule has 2 fully saturated rings. The molecule has 0 spiro atoms. The van der Waals surface area contributed by atoms with Gasteiger partial charge in [-0.05, 0) is 25.2 Å². The van der Waals surface area contributed by atoms with Crippen molar-refractivity contribution in [3.63, 3.8) is 0 Å². The monoisotopic (exact) mass is 199 g/mol. The largest absolute Gasteiger partial charge is 0.393 e. The second kappa shape index (κ2) is 4.60. The van der Waals surface area contributed by atoms with E-state index in [1.807, 2.05) is 0 Å². The van der Waals surface area contributed by atoms with Crippen LogP contribution in [-0.2, 0) is 0 Å². The second-order valence-electron chi connectivity index (χ2n) is 4.81. The fourth-order valence-electron chi connectivity index (χ4n) is 2.71. The Morgan fingerprint density at radius 2 is 1.86 bits per heavy atom. The summed E-state index contributed by atoms with van der Waals surface area (Å²) in [6, 6.07) is 0. The van der Waals surface area contributed by atoms with Crippen LogP contribution < -0.4 is 0 Å². The molecule has 3 atom stereocenters. The SMILES string of the molecule is OC1CCCCC1CN1CC[C@H](O)C1. The van der Waals surface area contributed by atoms with Gasteiger partial charge in [0, 0.05) is 19.6 Å². The van der Waals surface area contributed by atoms with Crippen molar-refractivity contribution in [3.8, 4) is 0 Å². The normalized spacial score (nSPS) is 40.3. The molecular formula is C11H21NO2. The average Bonchev–Trinajstić information content (AvgIpc) is 2.56. The number of hydrogen-bond donors (Lipinski definition) is 2. The average molecular weight is 199 g/mol. The highest BCUT2D eigenvalue weighted by atomic mass is 16.3. The van der Waals surface area contributed by atoms with Crippen LogP contribution >= 0.6 is 0 Å². The molecular weight excluding hydrogens is 178 g/mol. The Hall–Kier alpha value is -0.120. The van der Waals surface area contributed by atoms with Crippen LogP contribution in [0.5, 0.6) is 0 Å². The highest BCUT2D eigenvalue weighted by molar-refractivity contribution is 4.81. The Morgan fingerprint density at radius 1 is 1.07 bits per heavy atom. The number of hydrogen-bond acceptors (Lipinski definition) is 3. The van der Waals surface area contributed by atoms with Crippen LogP contribution in [0.2, 0.25) is 0 Å². The number of rotatable bonds is 2. The lowest BCUT2D eigenvalue weighted by Gasteiger charge is -2.30. The molecule has 14 heavy (non-hydrogen) atoms. The molecule has 0 aromatic carbocycles. The zero-order valence-electron chi connectivity index (χ0n) is 8.73. The lowest BCUT2D eigenvalue weighted by Crippen LogP contribution is -2.36. The number of nitrogens with zero attached hydrogens (tertiary/aromatic N) is 1. The van der Waals surface area contributed by atoms with Gasteiger partial charge in [-0.15, -0.1) is 0 Å². The van der Waals surface area contributed by atoms with Gasteiger partial charge in [-0.25, -0.2) is 0 Å². The summed E-state index contributed by atoms with van der Waals surface area (Å²) in [6.07, 6.45) is 5.26. The van der Waals surface area contributed by atoms with Crippen molar-refractivity contribution in [1.82, 2.24) is 4.90 Å². The van der Waals surface area contributed by atoms with E-state index in [2.05, 4.69) is 4.90 Å². The van der Waals surface area contributed by atoms with Crippen molar-refractivity contribution in [2.24, 2.45) is 5.92 Å². The van der Waals surface area contributed by atoms with Crippen LogP contribution in [0, 0.1) is 5.92 Å². The standard InChI is InChI=1S/C11H21NO2/c13-10-5-6-12(8-10)7-9-3-1-2-4-11(9)14/h9-11,13-14H,1-8H2/t9?,10-,11?/m0/s1. The van der Waals surface area contributed by atoms with Crippen LogP contribution in [0.25, 0.3) is 0 Å². The van der Waals surface area contributed by atoms with E-state index in [9.17, 15) is 10.2 Å². The van der Waals surface area contributed by atoms with Crippen LogP contribution in [0.15, 0.2) is 0 Å². The number of likely N-dealkylation sites (tertiary alicyclic amines) is 1. The molecule has 0 bridgehead atoms. The van der Waals surface area contributed by atoms with Crippen molar-refractivity contribution in [3.05, 3.63) is 0 Å². The van der Waals surface area contributed by atoms with Gasteiger partial charge in [0.25, 0.3) is 0 Å². The quantitative estimate of drug-likeness (QED) is 0.684. The van der Waals surface area contributed by atoms with E-state index in [4.69, 9.17) is 0 Å². The van der Waals surface area contributed by atoms with Gasteiger partial charge in [0.15, 0.2) is 0 Å². The maximum atomic E-state index is 9.81. The topological polar surface area (TPSA) is 43.7 Å². The van der Waals surface area contributed by atoms with Crippen LogP contribution in [0.1, 0.15) is 32.1 Å². The maximum absolute atomic E-state index is 9.81. The Labute approximate surface area is 85.7 Å². The summed E-state index contributed by atoms with van der Waals surface area (Å²) in [6.45, 7) is 2.80. The molecule has 0 aromatic heterocycles. The molecule has 0 amide bonds. The Morgan fingerprint density at radius 3 is 2.50 bits per heavy atom. The van der Waals surface area contributed by atoms with Crippen molar-refractivity contribution in [1.29, 1.82) is 0 Å². The number of aliphatic hydroxyl groups is 2. The fraction of sp³-hybridized carbons (Fsp3) is 1.00. The molecule has 1 aliphatic heterocycles. The number of aliphatic hydroxyl groups excluding tert-OH is 2.